The van der Waals surface area contributed by atoms with Crippen molar-refractivity contribution in [2.75, 3.05) is 32.0 Å². The molecule has 1 aromatic carbocycles. The SMILES string of the molecule is Nc1ccccc1OCCN1CCC(O)CC1. The number of ether oxygens (including phenoxy) is 1. The Bertz CT molecular complexity index is 349. The zero-order chi connectivity index (χ0) is 12.1. The first-order valence-corrected chi connectivity index (χ1v) is 6.13. The van der Waals surface area contributed by atoms with Crippen molar-refractivity contribution in [3.05, 3.63) is 24.3 Å². The van der Waals surface area contributed by atoms with Crippen molar-refractivity contribution in [2.24, 2.45) is 0 Å². The van der Waals surface area contributed by atoms with Crippen LogP contribution in [0, 0.1) is 0 Å². The van der Waals surface area contributed by atoms with Crippen LogP contribution in [0.3, 0.4) is 0 Å². The average molecular weight is 236 g/mol. The van der Waals surface area contributed by atoms with E-state index < -0.39 is 0 Å². The van der Waals surface area contributed by atoms with Crippen molar-refractivity contribution >= 4 is 5.69 Å². The summed E-state index contributed by atoms with van der Waals surface area (Å²) in [5, 5.41) is 9.39. The smallest absolute Gasteiger partial charge is 0.142 e. The lowest BCUT2D eigenvalue weighted by molar-refractivity contribution is 0.0755. The Hall–Kier alpha value is -1.26. The number of rotatable bonds is 4. The lowest BCUT2D eigenvalue weighted by Gasteiger charge is -2.29. The average Bonchev–Trinajstić information content (AvgIpc) is 2.34. The molecular formula is C13H20N2O2. The standard InChI is InChI=1S/C13H20N2O2/c14-12-3-1-2-4-13(12)17-10-9-15-7-5-11(16)6-8-15/h1-4,11,16H,5-10,14H2. The van der Waals surface area contributed by atoms with Crippen LogP contribution in [0.25, 0.3) is 0 Å². The summed E-state index contributed by atoms with van der Waals surface area (Å²) in [4.78, 5) is 2.31. The number of aliphatic hydroxyl groups excluding tert-OH is 1. The van der Waals surface area contributed by atoms with Crippen LogP contribution in [0.1, 0.15) is 12.8 Å². The molecule has 1 fully saturated rings. The number of hydrogen-bond acceptors (Lipinski definition) is 4. The summed E-state index contributed by atoms with van der Waals surface area (Å²) >= 11 is 0. The van der Waals surface area contributed by atoms with Crippen molar-refractivity contribution in [3.63, 3.8) is 0 Å². The Morgan fingerprint density at radius 1 is 1.29 bits per heavy atom. The van der Waals surface area contributed by atoms with Crippen molar-refractivity contribution in [2.45, 2.75) is 18.9 Å². The highest BCUT2D eigenvalue weighted by Gasteiger charge is 2.16. The molecule has 3 N–H and O–H groups in total. The highest BCUT2D eigenvalue weighted by Crippen LogP contribution is 2.19. The van der Waals surface area contributed by atoms with Gasteiger partial charge in [-0.1, -0.05) is 12.1 Å². The molecule has 1 aliphatic heterocycles. The second kappa shape index (κ2) is 5.89. The van der Waals surface area contributed by atoms with E-state index in [2.05, 4.69) is 4.90 Å². The van der Waals surface area contributed by atoms with Gasteiger partial charge in [-0.25, -0.2) is 0 Å². The third kappa shape index (κ3) is 3.61. The second-order valence-corrected chi connectivity index (χ2v) is 4.46. The maximum atomic E-state index is 9.39. The van der Waals surface area contributed by atoms with Crippen LogP contribution in [0.15, 0.2) is 24.3 Å². The fraction of sp³-hybridized carbons (Fsp3) is 0.538. The topological polar surface area (TPSA) is 58.7 Å². The quantitative estimate of drug-likeness (QED) is 0.769. The van der Waals surface area contributed by atoms with Gasteiger partial charge in [0.1, 0.15) is 12.4 Å². The molecule has 0 bridgehead atoms. The zero-order valence-corrected chi connectivity index (χ0v) is 10.0. The summed E-state index contributed by atoms with van der Waals surface area (Å²) in [5.41, 5.74) is 6.47. The number of nitrogens with zero attached hydrogens (tertiary/aromatic N) is 1. The Labute approximate surface area is 102 Å². The van der Waals surface area contributed by atoms with E-state index in [0.717, 1.165) is 38.2 Å². The van der Waals surface area contributed by atoms with Gasteiger partial charge in [0, 0.05) is 19.6 Å². The van der Waals surface area contributed by atoms with Crippen molar-refractivity contribution in [3.8, 4) is 5.75 Å². The molecule has 4 heteroatoms. The summed E-state index contributed by atoms with van der Waals surface area (Å²) in [7, 11) is 0. The Balaban J connectivity index is 1.71. The molecule has 0 amide bonds. The predicted octanol–water partition coefficient (Wildman–Crippen LogP) is 1.10. The van der Waals surface area contributed by atoms with Gasteiger partial charge in [-0.3, -0.25) is 4.90 Å². The number of aliphatic hydroxyl groups is 1. The zero-order valence-electron chi connectivity index (χ0n) is 10.0. The lowest BCUT2D eigenvalue weighted by atomic mass is 10.1. The number of piperidine rings is 1. The first kappa shape index (κ1) is 12.2. The van der Waals surface area contributed by atoms with E-state index in [-0.39, 0.29) is 6.10 Å². The van der Waals surface area contributed by atoms with Crippen LogP contribution in [-0.2, 0) is 0 Å². The maximum Gasteiger partial charge on any atom is 0.142 e. The van der Waals surface area contributed by atoms with Gasteiger partial charge in [-0.15, -0.1) is 0 Å². The minimum Gasteiger partial charge on any atom is -0.490 e. The van der Waals surface area contributed by atoms with Crippen molar-refractivity contribution < 1.29 is 9.84 Å². The Kier molecular flexibility index (Phi) is 4.23. The van der Waals surface area contributed by atoms with E-state index in [4.69, 9.17) is 10.5 Å². The first-order chi connectivity index (χ1) is 8.25. The van der Waals surface area contributed by atoms with Gasteiger partial charge in [-0.05, 0) is 25.0 Å². The van der Waals surface area contributed by atoms with Gasteiger partial charge in [0.25, 0.3) is 0 Å². The van der Waals surface area contributed by atoms with E-state index in [1.54, 1.807) is 0 Å². The summed E-state index contributed by atoms with van der Waals surface area (Å²) < 4.78 is 5.64. The molecule has 0 radical (unpaired) electrons. The monoisotopic (exact) mass is 236 g/mol. The molecule has 17 heavy (non-hydrogen) atoms. The number of hydrogen-bond donors (Lipinski definition) is 2. The van der Waals surface area contributed by atoms with Gasteiger partial charge < -0.3 is 15.6 Å². The summed E-state index contributed by atoms with van der Waals surface area (Å²) in [6.45, 7) is 3.44. The van der Waals surface area contributed by atoms with E-state index in [9.17, 15) is 5.11 Å². The molecule has 0 spiro atoms. The molecule has 4 nitrogen and oxygen atoms in total. The Morgan fingerprint density at radius 3 is 2.71 bits per heavy atom. The summed E-state index contributed by atoms with van der Waals surface area (Å²) in [6.07, 6.45) is 1.62. The lowest BCUT2D eigenvalue weighted by Crippen LogP contribution is -2.38. The van der Waals surface area contributed by atoms with Crippen LogP contribution < -0.4 is 10.5 Å². The Morgan fingerprint density at radius 2 is 2.00 bits per heavy atom. The molecule has 0 atom stereocenters. The van der Waals surface area contributed by atoms with Gasteiger partial charge in [0.2, 0.25) is 0 Å². The van der Waals surface area contributed by atoms with Gasteiger partial charge in [0.15, 0.2) is 0 Å². The molecule has 0 saturated carbocycles. The second-order valence-electron chi connectivity index (χ2n) is 4.46. The molecule has 2 rings (SSSR count). The van der Waals surface area contributed by atoms with E-state index >= 15 is 0 Å². The van der Waals surface area contributed by atoms with E-state index in [0.29, 0.717) is 12.3 Å². The van der Waals surface area contributed by atoms with Crippen molar-refractivity contribution in [1.29, 1.82) is 0 Å². The largest absolute Gasteiger partial charge is 0.490 e. The predicted molar refractivity (Wildman–Crippen MR) is 68.0 cm³/mol. The maximum absolute atomic E-state index is 9.39. The molecule has 0 aliphatic carbocycles. The minimum absolute atomic E-state index is 0.114. The molecule has 1 saturated heterocycles. The van der Waals surface area contributed by atoms with Gasteiger partial charge >= 0.3 is 0 Å². The fourth-order valence-corrected chi connectivity index (χ4v) is 2.04. The third-order valence-corrected chi connectivity index (χ3v) is 3.14. The number of nitrogens with two attached hydrogens (primary N) is 1. The summed E-state index contributed by atoms with van der Waals surface area (Å²) in [5.74, 6) is 0.754. The summed E-state index contributed by atoms with van der Waals surface area (Å²) in [6, 6.07) is 7.54. The number of para-hydroxylation sites is 2. The highest BCUT2D eigenvalue weighted by molar-refractivity contribution is 5.51. The number of anilines is 1. The minimum atomic E-state index is -0.114. The van der Waals surface area contributed by atoms with Crippen LogP contribution in [0.5, 0.6) is 5.75 Å². The first-order valence-electron chi connectivity index (χ1n) is 6.13. The van der Waals surface area contributed by atoms with Crippen LogP contribution in [0.4, 0.5) is 5.69 Å². The van der Waals surface area contributed by atoms with Crippen LogP contribution in [-0.4, -0.2) is 42.4 Å². The highest BCUT2D eigenvalue weighted by atomic mass is 16.5. The molecule has 0 unspecified atom stereocenters. The molecule has 0 aromatic heterocycles. The normalized spacial score (nSPS) is 18.2. The number of nitrogen functional groups attached to an aromatic ring is 1. The van der Waals surface area contributed by atoms with Gasteiger partial charge in [0.05, 0.1) is 11.8 Å². The van der Waals surface area contributed by atoms with Crippen LogP contribution >= 0.6 is 0 Å². The van der Waals surface area contributed by atoms with E-state index in [1.165, 1.54) is 0 Å². The van der Waals surface area contributed by atoms with Crippen LogP contribution in [0.2, 0.25) is 0 Å². The number of benzene rings is 1. The molecule has 94 valence electrons. The number of likely N-dealkylation sites (tertiary alicyclic amines) is 1. The molecule has 1 aliphatic rings. The molecular weight excluding hydrogens is 216 g/mol. The third-order valence-electron chi connectivity index (χ3n) is 3.14. The fourth-order valence-electron chi connectivity index (χ4n) is 2.04. The molecule has 1 heterocycles. The van der Waals surface area contributed by atoms with Gasteiger partial charge in [-0.2, -0.15) is 0 Å². The van der Waals surface area contributed by atoms with Crippen molar-refractivity contribution in [1.82, 2.24) is 4.90 Å². The molecule has 1 aromatic rings. The van der Waals surface area contributed by atoms with E-state index in [1.807, 2.05) is 24.3 Å².